The van der Waals surface area contributed by atoms with Crippen LogP contribution in [0.15, 0.2) is 217 Å². The van der Waals surface area contributed by atoms with Gasteiger partial charge in [0.1, 0.15) is 28.5 Å². The molecule has 1 spiro atoms. The quantitative estimate of drug-likeness (QED) is 0.161. The van der Waals surface area contributed by atoms with Crippen LogP contribution in [-0.4, -0.2) is 7.11 Å². The second-order valence-corrected chi connectivity index (χ2v) is 15.5. The Hall–Kier alpha value is -8.02. The normalized spacial score (nSPS) is 12.9. The summed E-state index contributed by atoms with van der Waals surface area (Å²) in [5, 5.41) is 1.91. The highest BCUT2D eigenvalue weighted by molar-refractivity contribution is 6.16. The molecule has 290 valence electrons. The number of fused-ring (bicyclic) bond motifs is 12. The van der Waals surface area contributed by atoms with Gasteiger partial charge in [0.2, 0.25) is 0 Å². The Balaban J connectivity index is 1.17. The molecule has 9 aromatic carbocycles. The van der Waals surface area contributed by atoms with Gasteiger partial charge in [-0.1, -0.05) is 127 Å². The molecule has 61 heavy (non-hydrogen) atoms. The highest BCUT2D eigenvalue weighted by Crippen LogP contribution is 2.63. The van der Waals surface area contributed by atoms with Crippen molar-refractivity contribution < 1.29 is 13.9 Å². The van der Waals surface area contributed by atoms with E-state index in [-0.39, 0.29) is 0 Å². The lowest BCUT2D eigenvalue weighted by Gasteiger charge is -2.39. The molecular weight excluding hydrogens is 749 g/mol. The summed E-state index contributed by atoms with van der Waals surface area (Å²) >= 11 is 0. The van der Waals surface area contributed by atoms with Crippen LogP contribution in [0, 0.1) is 0 Å². The molecule has 0 saturated carbocycles. The molecule has 2 heterocycles. The Kier molecular flexibility index (Phi) is 7.91. The van der Waals surface area contributed by atoms with Crippen molar-refractivity contribution in [2.45, 2.75) is 5.41 Å². The molecule has 1 aliphatic heterocycles. The number of benzene rings is 9. The van der Waals surface area contributed by atoms with E-state index >= 15 is 0 Å². The molecular formula is C56H38N2O3. The van der Waals surface area contributed by atoms with E-state index in [0.717, 1.165) is 84.4 Å². The van der Waals surface area contributed by atoms with Gasteiger partial charge in [0.25, 0.3) is 0 Å². The van der Waals surface area contributed by atoms with Crippen LogP contribution in [0.4, 0.5) is 34.1 Å². The maximum atomic E-state index is 7.01. The zero-order valence-electron chi connectivity index (χ0n) is 33.3. The van der Waals surface area contributed by atoms with Gasteiger partial charge in [0, 0.05) is 39.3 Å². The number of para-hydroxylation sites is 5. The first kappa shape index (κ1) is 35.0. The molecule has 0 N–H and O–H groups in total. The van der Waals surface area contributed by atoms with Gasteiger partial charge >= 0.3 is 0 Å². The fourth-order valence-electron chi connectivity index (χ4n) is 9.95. The summed E-state index contributed by atoms with van der Waals surface area (Å²) in [5.41, 5.74) is 14.0. The number of methoxy groups -OCH3 is 1. The summed E-state index contributed by atoms with van der Waals surface area (Å²) in [6, 6.07) is 75.0. The fraction of sp³-hybridized carbons (Fsp3) is 0.0357. The molecule has 0 saturated heterocycles. The molecule has 1 aliphatic carbocycles. The maximum absolute atomic E-state index is 7.01. The summed E-state index contributed by atoms with van der Waals surface area (Å²) in [6.45, 7) is 0. The number of furan rings is 1. The monoisotopic (exact) mass is 786 g/mol. The van der Waals surface area contributed by atoms with Crippen molar-refractivity contribution in [2.75, 3.05) is 16.9 Å². The Morgan fingerprint density at radius 2 is 1.00 bits per heavy atom. The van der Waals surface area contributed by atoms with Crippen LogP contribution in [0.2, 0.25) is 0 Å². The molecule has 12 rings (SSSR count). The summed E-state index contributed by atoms with van der Waals surface area (Å²) in [7, 11) is 1.72. The van der Waals surface area contributed by atoms with Crippen LogP contribution < -0.4 is 19.3 Å². The summed E-state index contributed by atoms with van der Waals surface area (Å²) in [4.78, 5) is 4.69. The van der Waals surface area contributed by atoms with Gasteiger partial charge < -0.3 is 23.7 Å². The zero-order chi connectivity index (χ0) is 40.5. The average Bonchev–Trinajstić information content (AvgIpc) is 3.85. The highest BCUT2D eigenvalue weighted by Gasteiger charge is 2.51. The first-order valence-electron chi connectivity index (χ1n) is 20.6. The van der Waals surface area contributed by atoms with Crippen molar-refractivity contribution in [1.82, 2.24) is 0 Å². The Morgan fingerprint density at radius 3 is 1.64 bits per heavy atom. The third-order valence-electron chi connectivity index (χ3n) is 12.4. The summed E-state index contributed by atoms with van der Waals surface area (Å²) < 4.78 is 19.6. The SMILES string of the molecule is COc1cccc2oc3c(N(c4ccccc4)c4ccccc4)c(N(c4ccccc4)c4ccc5c(c4)-c4ccccc4C54c5ccccc5Oc5ccccc54)ccc3c12. The molecule has 0 amide bonds. The van der Waals surface area contributed by atoms with Gasteiger partial charge in [-0.25, -0.2) is 0 Å². The van der Waals surface area contributed by atoms with Gasteiger partial charge in [-0.05, 0) is 107 Å². The van der Waals surface area contributed by atoms with Gasteiger partial charge in [0.15, 0.2) is 5.58 Å². The lowest BCUT2D eigenvalue weighted by Crippen LogP contribution is -2.32. The van der Waals surface area contributed by atoms with Crippen molar-refractivity contribution in [3.63, 3.8) is 0 Å². The van der Waals surface area contributed by atoms with Crippen LogP contribution in [0.5, 0.6) is 17.2 Å². The molecule has 10 aromatic rings. The number of anilines is 6. The van der Waals surface area contributed by atoms with E-state index in [1.807, 2.05) is 18.2 Å². The van der Waals surface area contributed by atoms with Crippen molar-refractivity contribution in [3.8, 4) is 28.4 Å². The second kappa shape index (κ2) is 13.8. The predicted octanol–water partition coefficient (Wildman–Crippen LogP) is 15.0. The minimum Gasteiger partial charge on any atom is -0.496 e. The van der Waals surface area contributed by atoms with Gasteiger partial charge in [-0.2, -0.15) is 0 Å². The van der Waals surface area contributed by atoms with E-state index in [9.17, 15) is 0 Å². The average molecular weight is 787 g/mol. The zero-order valence-corrected chi connectivity index (χ0v) is 33.3. The Labute approximate surface area is 353 Å². The van der Waals surface area contributed by atoms with Gasteiger partial charge in [0.05, 0.1) is 23.6 Å². The smallest absolute Gasteiger partial charge is 0.161 e. The third kappa shape index (κ3) is 5.14. The Morgan fingerprint density at radius 1 is 0.443 bits per heavy atom. The van der Waals surface area contributed by atoms with E-state index < -0.39 is 5.41 Å². The van der Waals surface area contributed by atoms with E-state index in [1.54, 1.807) is 7.11 Å². The molecule has 0 fully saturated rings. The minimum absolute atomic E-state index is 0.567. The van der Waals surface area contributed by atoms with Crippen LogP contribution in [0.1, 0.15) is 22.3 Å². The molecule has 0 bridgehead atoms. The van der Waals surface area contributed by atoms with Crippen molar-refractivity contribution >= 4 is 56.1 Å². The molecule has 0 atom stereocenters. The van der Waals surface area contributed by atoms with Crippen LogP contribution in [0.25, 0.3) is 33.1 Å². The highest BCUT2D eigenvalue weighted by atomic mass is 16.5. The minimum atomic E-state index is -0.567. The number of hydrogen-bond donors (Lipinski definition) is 0. The fourth-order valence-corrected chi connectivity index (χ4v) is 9.95. The number of ether oxygens (including phenoxy) is 2. The topological polar surface area (TPSA) is 38.1 Å². The molecule has 5 heteroatoms. The van der Waals surface area contributed by atoms with Crippen LogP contribution in [0.3, 0.4) is 0 Å². The van der Waals surface area contributed by atoms with E-state index in [2.05, 4.69) is 204 Å². The first-order chi connectivity index (χ1) is 30.2. The summed E-state index contributed by atoms with van der Waals surface area (Å²) in [6.07, 6.45) is 0. The van der Waals surface area contributed by atoms with Gasteiger partial charge in [-0.3, -0.25) is 0 Å². The summed E-state index contributed by atoms with van der Waals surface area (Å²) in [5.74, 6) is 2.52. The van der Waals surface area contributed by atoms with Crippen molar-refractivity contribution in [2.24, 2.45) is 0 Å². The molecule has 5 nitrogen and oxygen atoms in total. The number of nitrogens with zero attached hydrogens (tertiary/aromatic N) is 2. The molecule has 2 aliphatic rings. The van der Waals surface area contributed by atoms with Crippen molar-refractivity contribution in [3.05, 3.63) is 235 Å². The number of hydrogen-bond acceptors (Lipinski definition) is 5. The molecule has 0 radical (unpaired) electrons. The lowest BCUT2D eigenvalue weighted by molar-refractivity contribution is 0.420. The predicted molar refractivity (Wildman–Crippen MR) is 247 cm³/mol. The largest absolute Gasteiger partial charge is 0.496 e. The number of rotatable bonds is 7. The Bertz CT molecular complexity index is 3200. The first-order valence-corrected chi connectivity index (χ1v) is 20.6. The van der Waals surface area contributed by atoms with Crippen LogP contribution in [-0.2, 0) is 5.41 Å². The van der Waals surface area contributed by atoms with Gasteiger partial charge in [-0.15, -0.1) is 0 Å². The third-order valence-corrected chi connectivity index (χ3v) is 12.4. The van der Waals surface area contributed by atoms with E-state index in [1.165, 1.54) is 22.3 Å². The molecule has 1 aromatic heterocycles. The van der Waals surface area contributed by atoms with E-state index in [4.69, 9.17) is 13.9 Å². The van der Waals surface area contributed by atoms with Crippen molar-refractivity contribution in [1.29, 1.82) is 0 Å². The van der Waals surface area contributed by atoms with E-state index in [0.29, 0.717) is 0 Å². The molecule has 0 unspecified atom stereocenters. The van der Waals surface area contributed by atoms with Crippen LogP contribution >= 0.6 is 0 Å². The lowest BCUT2D eigenvalue weighted by atomic mass is 9.66. The second-order valence-electron chi connectivity index (χ2n) is 15.5. The standard InChI is InChI=1S/C56H38N2O3/c1-59-51-30-17-31-52-53(51)42-33-35-48(54(55(42)61-52)58(38-20-7-3-8-21-38)39-22-9-4-10-23-39)57(37-18-5-2-6-19-37)40-32-34-45-43(36-40)41-24-11-12-25-44(41)56(45)46-26-13-15-28-49(46)60-50-29-16-14-27-47(50)56/h2-36H,1H3. The maximum Gasteiger partial charge on any atom is 0.161 e.